The molecule has 0 radical (unpaired) electrons. The Bertz CT molecular complexity index is 138. The van der Waals surface area contributed by atoms with E-state index >= 15 is 0 Å². The number of aliphatic hydroxyl groups excluding tert-OH is 1. The van der Waals surface area contributed by atoms with E-state index in [-0.39, 0.29) is 18.3 Å². The first-order chi connectivity index (χ1) is 5.99. The molecular formula is C10H20O3. The summed E-state index contributed by atoms with van der Waals surface area (Å²) in [6, 6.07) is 0. The lowest BCUT2D eigenvalue weighted by Crippen LogP contribution is -2.33. The van der Waals surface area contributed by atoms with Crippen LogP contribution in [0.15, 0.2) is 12.7 Å². The molecule has 0 amide bonds. The van der Waals surface area contributed by atoms with E-state index < -0.39 is 0 Å². The molecule has 0 bridgehead atoms. The monoisotopic (exact) mass is 188 g/mol. The molecule has 0 aliphatic rings. The molecule has 0 aromatic rings. The Morgan fingerprint density at radius 2 is 2.08 bits per heavy atom. The molecule has 0 heterocycles. The van der Waals surface area contributed by atoms with Crippen LogP contribution in [0.4, 0.5) is 0 Å². The van der Waals surface area contributed by atoms with Gasteiger partial charge >= 0.3 is 0 Å². The third-order valence-corrected chi connectivity index (χ3v) is 1.26. The normalized spacial score (nSPS) is 14.2. The Morgan fingerprint density at radius 1 is 1.46 bits per heavy atom. The largest absolute Gasteiger partial charge is 0.394 e. The highest BCUT2D eigenvalue weighted by molar-refractivity contribution is 4.67. The third-order valence-electron chi connectivity index (χ3n) is 1.26. The minimum atomic E-state index is -0.250. The predicted molar refractivity (Wildman–Crippen MR) is 52.7 cm³/mol. The van der Waals surface area contributed by atoms with Crippen LogP contribution in [-0.4, -0.2) is 36.6 Å². The first-order valence-electron chi connectivity index (χ1n) is 4.47. The van der Waals surface area contributed by atoms with Crippen molar-refractivity contribution in [3.63, 3.8) is 0 Å². The highest BCUT2D eigenvalue weighted by atomic mass is 16.6. The summed E-state index contributed by atoms with van der Waals surface area (Å²) in [5, 5.41) is 8.96. The molecule has 0 aromatic carbocycles. The first kappa shape index (κ1) is 12.6. The van der Waals surface area contributed by atoms with E-state index in [1.807, 2.05) is 20.8 Å². The van der Waals surface area contributed by atoms with Gasteiger partial charge in [-0.15, -0.1) is 6.58 Å². The molecule has 0 saturated carbocycles. The fourth-order valence-corrected chi connectivity index (χ4v) is 0.907. The van der Waals surface area contributed by atoms with Crippen molar-refractivity contribution in [2.24, 2.45) is 0 Å². The van der Waals surface area contributed by atoms with Gasteiger partial charge in [0.1, 0.15) is 6.10 Å². The number of hydrogen-bond acceptors (Lipinski definition) is 3. The minimum Gasteiger partial charge on any atom is -0.394 e. The van der Waals surface area contributed by atoms with Gasteiger partial charge in [-0.3, -0.25) is 0 Å². The summed E-state index contributed by atoms with van der Waals surface area (Å²) in [6.45, 7) is 10.2. The van der Waals surface area contributed by atoms with E-state index in [4.69, 9.17) is 14.6 Å². The Kier molecular flexibility index (Phi) is 5.95. The Balaban J connectivity index is 3.69. The molecule has 78 valence electrons. The van der Waals surface area contributed by atoms with Gasteiger partial charge in [-0.2, -0.15) is 0 Å². The van der Waals surface area contributed by atoms with Crippen LogP contribution in [0.3, 0.4) is 0 Å². The summed E-state index contributed by atoms with van der Waals surface area (Å²) in [5.41, 5.74) is -0.245. The summed E-state index contributed by atoms with van der Waals surface area (Å²) < 4.78 is 10.7. The van der Waals surface area contributed by atoms with Crippen LogP contribution in [0.2, 0.25) is 0 Å². The van der Waals surface area contributed by atoms with Crippen LogP contribution >= 0.6 is 0 Å². The van der Waals surface area contributed by atoms with E-state index in [9.17, 15) is 0 Å². The van der Waals surface area contributed by atoms with Gasteiger partial charge in [-0.25, -0.2) is 0 Å². The molecule has 0 fully saturated rings. The highest BCUT2D eigenvalue weighted by Crippen LogP contribution is 2.10. The summed E-state index contributed by atoms with van der Waals surface area (Å²) in [4.78, 5) is 0. The maximum Gasteiger partial charge on any atom is 0.105 e. The van der Waals surface area contributed by atoms with Crippen molar-refractivity contribution < 1.29 is 14.6 Å². The van der Waals surface area contributed by atoms with Gasteiger partial charge in [0.25, 0.3) is 0 Å². The molecule has 3 heteroatoms. The fraction of sp³-hybridized carbons (Fsp3) is 0.800. The van der Waals surface area contributed by atoms with Gasteiger partial charge in [0.2, 0.25) is 0 Å². The summed E-state index contributed by atoms with van der Waals surface area (Å²) in [5.74, 6) is 0. The second kappa shape index (κ2) is 6.13. The Labute approximate surface area is 80.4 Å². The molecular weight excluding hydrogens is 168 g/mol. The van der Waals surface area contributed by atoms with Crippen molar-refractivity contribution in [1.82, 2.24) is 0 Å². The van der Waals surface area contributed by atoms with E-state index in [1.165, 1.54) is 0 Å². The van der Waals surface area contributed by atoms with Crippen LogP contribution in [0.5, 0.6) is 0 Å². The lowest BCUT2D eigenvalue weighted by Gasteiger charge is -2.26. The van der Waals surface area contributed by atoms with Crippen LogP contribution < -0.4 is 0 Å². The van der Waals surface area contributed by atoms with Crippen LogP contribution in [0, 0.1) is 0 Å². The molecule has 0 spiro atoms. The molecule has 0 aliphatic carbocycles. The van der Waals surface area contributed by atoms with Gasteiger partial charge in [0, 0.05) is 0 Å². The molecule has 0 saturated heterocycles. The Hall–Kier alpha value is -0.380. The number of rotatable bonds is 6. The molecule has 1 atom stereocenters. The summed E-state index contributed by atoms with van der Waals surface area (Å²) >= 11 is 0. The highest BCUT2D eigenvalue weighted by Gasteiger charge is 2.17. The average molecular weight is 188 g/mol. The quantitative estimate of drug-likeness (QED) is 0.505. The van der Waals surface area contributed by atoms with Crippen molar-refractivity contribution in [2.45, 2.75) is 32.5 Å². The predicted octanol–water partition coefficient (Wildman–Crippen LogP) is 1.36. The van der Waals surface area contributed by atoms with Crippen LogP contribution in [0.25, 0.3) is 0 Å². The number of aliphatic hydroxyl groups is 1. The van der Waals surface area contributed by atoms with Crippen LogP contribution in [0.1, 0.15) is 20.8 Å². The summed E-state index contributed by atoms with van der Waals surface area (Å²) in [6.07, 6.45) is 1.42. The minimum absolute atomic E-state index is 0.0194. The SMILES string of the molecule is C=CCOCC(CO)OC(C)(C)C. The standard InChI is InChI=1S/C10H20O3/c1-5-6-12-8-9(7-11)13-10(2,3)4/h5,9,11H,1,6-8H2,2-4H3. The van der Waals surface area contributed by atoms with E-state index in [0.717, 1.165) is 0 Å². The van der Waals surface area contributed by atoms with Gasteiger partial charge < -0.3 is 14.6 Å². The third kappa shape index (κ3) is 7.96. The van der Waals surface area contributed by atoms with Crippen molar-refractivity contribution in [2.75, 3.05) is 19.8 Å². The van der Waals surface area contributed by atoms with Gasteiger partial charge in [0.05, 0.1) is 25.4 Å². The van der Waals surface area contributed by atoms with E-state index in [0.29, 0.717) is 13.2 Å². The second-order valence-electron chi connectivity index (χ2n) is 3.86. The molecule has 1 unspecified atom stereocenters. The van der Waals surface area contributed by atoms with Gasteiger partial charge in [0.15, 0.2) is 0 Å². The second-order valence-corrected chi connectivity index (χ2v) is 3.86. The fourth-order valence-electron chi connectivity index (χ4n) is 0.907. The van der Waals surface area contributed by atoms with Gasteiger partial charge in [-0.05, 0) is 20.8 Å². The smallest absolute Gasteiger partial charge is 0.105 e. The van der Waals surface area contributed by atoms with Crippen molar-refractivity contribution in [1.29, 1.82) is 0 Å². The number of hydrogen-bond donors (Lipinski definition) is 1. The molecule has 0 aliphatic heterocycles. The Morgan fingerprint density at radius 3 is 2.46 bits per heavy atom. The lowest BCUT2D eigenvalue weighted by molar-refractivity contribution is -0.107. The zero-order valence-electron chi connectivity index (χ0n) is 8.75. The maximum atomic E-state index is 8.96. The van der Waals surface area contributed by atoms with E-state index in [2.05, 4.69) is 6.58 Å². The average Bonchev–Trinajstić information content (AvgIpc) is 2.01. The van der Waals surface area contributed by atoms with Crippen LogP contribution in [-0.2, 0) is 9.47 Å². The molecule has 3 nitrogen and oxygen atoms in total. The number of ether oxygens (including phenoxy) is 2. The van der Waals surface area contributed by atoms with Crippen molar-refractivity contribution in [3.05, 3.63) is 12.7 Å². The molecule has 0 aromatic heterocycles. The first-order valence-corrected chi connectivity index (χ1v) is 4.47. The zero-order chi connectivity index (χ0) is 10.3. The zero-order valence-corrected chi connectivity index (χ0v) is 8.75. The van der Waals surface area contributed by atoms with E-state index in [1.54, 1.807) is 6.08 Å². The van der Waals surface area contributed by atoms with Crippen molar-refractivity contribution >= 4 is 0 Å². The van der Waals surface area contributed by atoms with Gasteiger partial charge in [-0.1, -0.05) is 6.08 Å². The topological polar surface area (TPSA) is 38.7 Å². The van der Waals surface area contributed by atoms with Crippen molar-refractivity contribution in [3.8, 4) is 0 Å². The lowest BCUT2D eigenvalue weighted by atomic mass is 10.2. The maximum absolute atomic E-state index is 8.96. The summed E-state index contributed by atoms with van der Waals surface area (Å²) in [7, 11) is 0. The molecule has 0 rings (SSSR count). The molecule has 1 N–H and O–H groups in total. The molecule has 13 heavy (non-hydrogen) atoms.